The number of fused-ring (bicyclic) bond motifs is 1. The minimum absolute atomic E-state index is 0.332. The van der Waals surface area contributed by atoms with Crippen molar-refractivity contribution in [2.24, 2.45) is 0 Å². The van der Waals surface area contributed by atoms with Crippen LogP contribution in [0.5, 0.6) is 0 Å². The Balaban J connectivity index is 1.93. The first-order valence-electron chi connectivity index (χ1n) is 3.68. The smallest absolute Gasteiger partial charge is 0.110 e. The van der Waals surface area contributed by atoms with Gasteiger partial charge < -0.3 is 9.47 Å². The summed E-state index contributed by atoms with van der Waals surface area (Å²) in [5.74, 6) is 0. The lowest BCUT2D eigenvalue weighted by molar-refractivity contribution is -0.0130. The predicted molar refractivity (Wildman–Crippen MR) is 46.5 cm³/mol. The number of hydrogen-bond acceptors (Lipinski definition) is 2. The van der Waals surface area contributed by atoms with Crippen molar-refractivity contribution >= 4 is 22.6 Å². The molecule has 2 aliphatic heterocycles. The molecular formula is C7H11IO2. The topological polar surface area (TPSA) is 21.8 Å². The van der Waals surface area contributed by atoms with Crippen molar-refractivity contribution in [3.05, 3.63) is 0 Å². The highest BCUT2D eigenvalue weighted by Crippen LogP contribution is 2.37. The van der Waals surface area contributed by atoms with Crippen LogP contribution in [0, 0.1) is 0 Å². The number of hydrogen-bond donors (Lipinski definition) is 0. The van der Waals surface area contributed by atoms with E-state index in [1.54, 1.807) is 0 Å². The molecule has 3 heteroatoms. The fourth-order valence-electron chi connectivity index (χ4n) is 1.55. The second-order valence-electron chi connectivity index (χ2n) is 2.99. The first-order chi connectivity index (χ1) is 4.81. The van der Waals surface area contributed by atoms with Crippen molar-refractivity contribution in [1.82, 2.24) is 0 Å². The first-order valence-corrected chi connectivity index (χ1v) is 5.20. The van der Waals surface area contributed by atoms with Crippen molar-refractivity contribution in [2.75, 3.05) is 4.43 Å². The predicted octanol–water partition coefficient (Wildman–Crippen LogP) is 1.37. The van der Waals surface area contributed by atoms with E-state index in [0.29, 0.717) is 24.4 Å². The van der Waals surface area contributed by atoms with E-state index in [9.17, 15) is 0 Å². The van der Waals surface area contributed by atoms with E-state index in [0.717, 1.165) is 10.8 Å². The van der Waals surface area contributed by atoms with Crippen molar-refractivity contribution < 1.29 is 9.47 Å². The number of ether oxygens (including phenoxy) is 2. The summed E-state index contributed by atoms with van der Waals surface area (Å²) >= 11 is 2.36. The largest absolute Gasteiger partial charge is 0.372 e. The molecule has 0 radical (unpaired) electrons. The molecule has 0 aromatic heterocycles. The maximum absolute atomic E-state index is 5.66. The average molecular weight is 254 g/mol. The van der Waals surface area contributed by atoms with Gasteiger partial charge in [0.25, 0.3) is 0 Å². The van der Waals surface area contributed by atoms with Gasteiger partial charge in [0.2, 0.25) is 0 Å². The number of rotatable bonds is 1. The lowest BCUT2D eigenvalue weighted by Crippen LogP contribution is -2.32. The molecule has 2 nitrogen and oxygen atoms in total. The Labute approximate surface area is 74.4 Å². The fraction of sp³-hybridized carbons (Fsp3) is 1.00. The van der Waals surface area contributed by atoms with Gasteiger partial charge in [-0.15, -0.1) is 0 Å². The van der Waals surface area contributed by atoms with Crippen LogP contribution >= 0.6 is 22.6 Å². The van der Waals surface area contributed by atoms with Crippen molar-refractivity contribution in [3.63, 3.8) is 0 Å². The van der Waals surface area contributed by atoms with Crippen LogP contribution in [0.1, 0.15) is 13.3 Å². The fourth-order valence-corrected chi connectivity index (χ4v) is 2.12. The summed E-state index contributed by atoms with van der Waals surface area (Å²) in [5, 5.41) is 0. The summed E-state index contributed by atoms with van der Waals surface area (Å²) in [4.78, 5) is 0. The Morgan fingerprint density at radius 3 is 2.90 bits per heavy atom. The summed E-state index contributed by atoms with van der Waals surface area (Å²) in [6.07, 6.45) is 2.85. The van der Waals surface area contributed by atoms with Crippen molar-refractivity contribution in [2.45, 2.75) is 37.8 Å². The third-order valence-electron chi connectivity index (χ3n) is 2.16. The van der Waals surface area contributed by atoms with E-state index < -0.39 is 0 Å². The van der Waals surface area contributed by atoms with Gasteiger partial charge in [-0.25, -0.2) is 0 Å². The summed E-state index contributed by atoms with van der Waals surface area (Å²) < 4.78 is 12.1. The molecule has 0 spiro atoms. The second-order valence-corrected chi connectivity index (χ2v) is 3.87. The zero-order valence-electron chi connectivity index (χ0n) is 5.92. The molecule has 0 N–H and O–H groups in total. The zero-order valence-corrected chi connectivity index (χ0v) is 8.08. The molecule has 2 rings (SSSR count). The summed E-state index contributed by atoms with van der Waals surface area (Å²) in [6, 6.07) is 0. The normalized spacial score (nSPS) is 52.2. The van der Waals surface area contributed by atoms with Crippen LogP contribution in [-0.2, 0) is 9.47 Å². The Morgan fingerprint density at radius 2 is 2.30 bits per heavy atom. The Morgan fingerprint density at radius 1 is 1.50 bits per heavy atom. The maximum Gasteiger partial charge on any atom is 0.110 e. The standard InChI is InChI=1S/C7H11IO2/c1-4-7-6(10-7)2-5(3-8)9-4/h4-7H,2-3H2,1H3/t4-,5+,6-,7+/m0/s1. The summed E-state index contributed by atoms with van der Waals surface area (Å²) in [5.41, 5.74) is 0. The Hall–Kier alpha value is 0.650. The highest BCUT2D eigenvalue weighted by molar-refractivity contribution is 14.1. The van der Waals surface area contributed by atoms with Gasteiger partial charge in [-0.1, -0.05) is 22.6 Å². The van der Waals surface area contributed by atoms with E-state index in [1.165, 1.54) is 0 Å². The molecule has 0 aromatic carbocycles. The molecule has 0 saturated carbocycles. The van der Waals surface area contributed by atoms with Gasteiger partial charge in [-0.2, -0.15) is 0 Å². The van der Waals surface area contributed by atoms with Gasteiger partial charge in [0, 0.05) is 10.8 Å². The lowest BCUT2D eigenvalue weighted by Gasteiger charge is -2.22. The molecule has 2 saturated heterocycles. The van der Waals surface area contributed by atoms with Crippen LogP contribution in [0.3, 0.4) is 0 Å². The van der Waals surface area contributed by atoms with E-state index >= 15 is 0 Å². The highest BCUT2D eigenvalue weighted by atomic mass is 127. The van der Waals surface area contributed by atoms with E-state index in [2.05, 4.69) is 29.5 Å². The van der Waals surface area contributed by atoms with E-state index in [4.69, 9.17) is 9.47 Å². The average Bonchev–Trinajstić information content (AvgIpc) is 2.66. The number of halogens is 1. The van der Waals surface area contributed by atoms with E-state index in [1.807, 2.05) is 0 Å². The van der Waals surface area contributed by atoms with Crippen LogP contribution in [0.4, 0.5) is 0 Å². The summed E-state index contributed by atoms with van der Waals surface area (Å²) in [7, 11) is 0. The minimum atomic E-state index is 0.332. The second kappa shape index (κ2) is 2.60. The van der Waals surface area contributed by atoms with Gasteiger partial charge in [0.05, 0.1) is 18.3 Å². The number of alkyl halides is 1. The molecule has 4 atom stereocenters. The van der Waals surface area contributed by atoms with Gasteiger partial charge in [0.15, 0.2) is 0 Å². The molecule has 2 fully saturated rings. The molecule has 2 heterocycles. The first kappa shape index (κ1) is 7.31. The van der Waals surface area contributed by atoms with Gasteiger partial charge >= 0.3 is 0 Å². The van der Waals surface area contributed by atoms with Crippen LogP contribution in [0.15, 0.2) is 0 Å². The molecule has 58 valence electrons. The van der Waals surface area contributed by atoms with Crippen molar-refractivity contribution in [1.29, 1.82) is 0 Å². The van der Waals surface area contributed by atoms with Crippen LogP contribution in [-0.4, -0.2) is 28.8 Å². The highest BCUT2D eigenvalue weighted by Gasteiger charge is 2.49. The number of epoxide rings is 1. The minimum Gasteiger partial charge on any atom is -0.372 e. The van der Waals surface area contributed by atoms with Gasteiger partial charge in [-0.3, -0.25) is 0 Å². The third kappa shape index (κ3) is 1.19. The Kier molecular flexibility index (Phi) is 1.90. The van der Waals surface area contributed by atoms with E-state index in [-0.39, 0.29) is 0 Å². The third-order valence-corrected chi connectivity index (χ3v) is 3.14. The molecule has 0 bridgehead atoms. The molecule has 2 aliphatic rings. The van der Waals surface area contributed by atoms with Crippen LogP contribution < -0.4 is 0 Å². The lowest BCUT2D eigenvalue weighted by atomic mass is 10.1. The van der Waals surface area contributed by atoms with Crippen molar-refractivity contribution in [3.8, 4) is 0 Å². The molecule has 0 amide bonds. The SMILES string of the molecule is C[C@@H]1O[C@@H](CI)C[C@@H]2O[C@H]12. The molecular weight excluding hydrogens is 243 g/mol. The van der Waals surface area contributed by atoms with Gasteiger partial charge in [-0.05, 0) is 6.92 Å². The molecule has 0 unspecified atom stereocenters. The monoisotopic (exact) mass is 254 g/mol. The van der Waals surface area contributed by atoms with Gasteiger partial charge in [0.1, 0.15) is 6.10 Å². The van der Waals surface area contributed by atoms with Crippen LogP contribution in [0.25, 0.3) is 0 Å². The molecule has 10 heavy (non-hydrogen) atoms. The van der Waals surface area contributed by atoms with Crippen LogP contribution in [0.2, 0.25) is 0 Å². The zero-order chi connectivity index (χ0) is 7.14. The summed E-state index contributed by atoms with van der Waals surface area (Å²) in [6.45, 7) is 2.10. The molecule has 0 aliphatic carbocycles. The molecule has 0 aromatic rings. The maximum atomic E-state index is 5.66. The Bertz CT molecular complexity index is 140. The quantitative estimate of drug-likeness (QED) is 0.400.